The van der Waals surface area contributed by atoms with Gasteiger partial charge in [0, 0.05) is 13.2 Å². The normalized spacial score (nSPS) is 12.7. The van der Waals surface area contributed by atoms with Crippen molar-refractivity contribution in [2.75, 3.05) is 13.2 Å². The Bertz CT molecular complexity index is 504. The molecule has 0 fully saturated rings. The lowest BCUT2D eigenvalue weighted by molar-refractivity contribution is 0.251. The molecule has 0 heterocycles. The lowest BCUT2D eigenvalue weighted by Crippen LogP contribution is -2.23. The zero-order valence-corrected chi connectivity index (χ0v) is 11.6. The second-order valence-corrected chi connectivity index (χ2v) is 5.06. The first kappa shape index (κ1) is 14.0. The van der Waals surface area contributed by atoms with E-state index in [1.54, 1.807) is 0 Å². The highest BCUT2D eigenvalue weighted by molar-refractivity contribution is 5.85. The van der Waals surface area contributed by atoms with Gasteiger partial charge in [-0.25, -0.2) is 0 Å². The van der Waals surface area contributed by atoms with Gasteiger partial charge in [0.05, 0.1) is 0 Å². The number of aliphatic hydroxyl groups is 1. The minimum Gasteiger partial charge on any atom is -0.396 e. The largest absolute Gasteiger partial charge is 0.396 e. The third-order valence-electron chi connectivity index (χ3n) is 3.74. The fourth-order valence-corrected chi connectivity index (χ4v) is 2.49. The zero-order chi connectivity index (χ0) is 13.5. The maximum absolute atomic E-state index is 9.00. The number of rotatable bonds is 7. The number of benzene rings is 2. The highest BCUT2D eigenvalue weighted by Crippen LogP contribution is 2.18. The smallest absolute Gasteiger partial charge is 0.0434 e. The van der Waals surface area contributed by atoms with E-state index >= 15 is 0 Å². The summed E-state index contributed by atoms with van der Waals surface area (Å²) in [4.78, 5) is 0. The van der Waals surface area contributed by atoms with Crippen LogP contribution < -0.4 is 5.32 Å². The molecule has 2 rings (SSSR count). The molecule has 0 spiro atoms. The van der Waals surface area contributed by atoms with Crippen molar-refractivity contribution in [3.63, 3.8) is 0 Å². The van der Waals surface area contributed by atoms with Gasteiger partial charge in [-0.05, 0) is 35.2 Å². The number of aliphatic hydroxyl groups excluding tert-OH is 1. The number of hydrogen-bond acceptors (Lipinski definition) is 2. The monoisotopic (exact) mass is 257 g/mol. The van der Waals surface area contributed by atoms with Crippen molar-refractivity contribution in [3.8, 4) is 0 Å². The summed E-state index contributed by atoms with van der Waals surface area (Å²) in [5.74, 6) is 0.569. The van der Waals surface area contributed by atoms with E-state index < -0.39 is 0 Å². The highest BCUT2D eigenvalue weighted by Gasteiger charge is 2.05. The van der Waals surface area contributed by atoms with Crippen LogP contribution >= 0.6 is 0 Å². The molecule has 0 amide bonds. The van der Waals surface area contributed by atoms with E-state index in [1.165, 1.54) is 16.3 Å². The third kappa shape index (κ3) is 3.79. The van der Waals surface area contributed by atoms with Gasteiger partial charge >= 0.3 is 0 Å². The molecule has 0 saturated heterocycles. The molecule has 0 aliphatic rings. The molecule has 2 heteroatoms. The van der Waals surface area contributed by atoms with Crippen molar-refractivity contribution < 1.29 is 5.11 Å². The second-order valence-electron chi connectivity index (χ2n) is 5.06. The van der Waals surface area contributed by atoms with Crippen LogP contribution in [0.5, 0.6) is 0 Å². The highest BCUT2D eigenvalue weighted by atomic mass is 16.3. The van der Waals surface area contributed by atoms with Gasteiger partial charge in [-0.2, -0.15) is 0 Å². The van der Waals surface area contributed by atoms with Gasteiger partial charge in [-0.15, -0.1) is 0 Å². The van der Waals surface area contributed by atoms with Gasteiger partial charge in [-0.1, -0.05) is 55.8 Å². The summed E-state index contributed by atoms with van der Waals surface area (Å²) in [5, 5.41) is 15.1. The fraction of sp³-hybridized carbons (Fsp3) is 0.412. The lowest BCUT2D eigenvalue weighted by Gasteiger charge is -2.15. The standard InChI is InChI=1S/C17H23NO/c1-2-14(10-11-19)12-18-13-16-8-5-7-15-6-3-4-9-17(15)16/h3-9,14,18-19H,2,10-13H2,1H3. The van der Waals surface area contributed by atoms with Crippen LogP contribution in [-0.2, 0) is 6.54 Å². The molecule has 0 aliphatic carbocycles. The van der Waals surface area contributed by atoms with Crippen LogP contribution in [0.2, 0.25) is 0 Å². The van der Waals surface area contributed by atoms with E-state index in [4.69, 9.17) is 5.11 Å². The Morgan fingerprint density at radius 2 is 1.89 bits per heavy atom. The third-order valence-corrected chi connectivity index (χ3v) is 3.74. The molecule has 1 unspecified atom stereocenters. The van der Waals surface area contributed by atoms with Gasteiger partial charge in [0.15, 0.2) is 0 Å². The summed E-state index contributed by atoms with van der Waals surface area (Å²) >= 11 is 0. The average molecular weight is 257 g/mol. The maximum atomic E-state index is 9.00. The van der Waals surface area contributed by atoms with E-state index in [-0.39, 0.29) is 6.61 Å². The molecule has 0 radical (unpaired) electrons. The van der Waals surface area contributed by atoms with Gasteiger partial charge in [-0.3, -0.25) is 0 Å². The Morgan fingerprint density at radius 3 is 2.68 bits per heavy atom. The van der Waals surface area contributed by atoms with Gasteiger partial charge in [0.2, 0.25) is 0 Å². The Kier molecular flexibility index (Phi) is 5.37. The molecule has 2 aromatic rings. The Balaban J connectivity index is 1.98. The Hall–Kier alpha value is -1.38. The molecule has 0 saturated carbocycles. The van der Waals surface area contributed by atoms with Gasteiger partial charge in [0.25, 0.3) is 0 Å². The van der Waals surface area contributed by atoms with Crippen molar-refractivity contribution in [1.29, 1.82) is 0 Å². The molecular weight excluding hydrogens is 234 g/mol. The SMILES string of the molecule is CCC(CCO)CNCc1cccc2ccccc12. The summed E-state index contributed by atoms with van der Waals surface area (Å²) in [7, 11) is 0. The Morgan fingerprint density at radius 1 is 1.11 bits per heavy atom. The van der Waals surface area contributed by atoms with Crippen LogP contribution in [0.15, 0.2) is 42.5 Å². The van der Waals surface area contributed by atoms with E-state index in [2.05, 4.69) is 54.7 Å². The van der Waals surface area contributed by atoms with Crippen molar-refractivity contribution in [3.05, 3.63) is 48.0 Å². The molecule has 19 heavy (non-hydrogen) atoms. The summed E-state index contributed by atoms with van der Waals surface area (Å²) in [5.41, 5.74) is 1.34. The van der Waals surface area contributed by atoms with Crippen LogP contribution in [0.25, 0.3) is 10.8 Å². The predicted molar refractivity (Wildman–Crippen MR) is 81.1 cm³/mol. The molecule has 0 bridgehead atoms. The van der Waals surface area contributed by atoms with Crippen LogP contribution in [0.1, 0.15) is 25.3 Å². The second kappa shape index (κ2) is 7.27. The van der Waals surface area contributed by atoms with Crippen LogP contribution in [-0.4, -0.2) is 18.3 Å². The molecule has 0 aromatic heterocycles. The minimum absolute atomic E-state index is 0.286. The molecule has 2 N–H and O–H groups in total. The molecule has 0 aliphatic heterocycles. The molecule has 2 nitrogen and oxygen atoms in total. The summed E-state index contributed by atoms with van der Waals surface area (Å²) < 4.78 is 0. The van der Waals surface area contributed by atoms with E-state index in [0.717, 1.165) is 25.9 Å². The first-order chi connectivity index (χ1) is 9.35. The molecule has 102 valence electrons. The fourth-order valence-electron chi connectivity index (χ4n) is 2.49. The topological polar surface area (TPSA) is 32.3 Å². The molecule has 2 aromatic carbocycles. The number of fused-ring (bicyclic) bond motifs is 1. The maximum Gasteiger partial charge on any atom is 0.0434 e. The van der Waals surface area contributed by atoms with Gasteiger partial charge < -0.3 is 10.4 Å². The first-order valence-electron chi connectivity index (χ1n) is 7.13. The summed E-state index contributed by atoms with van der Waals surface area (Å²) in [6, 6.07) is 14.9. The van der Waals surface area contributed by atoms with Crippen LogP contribution in [0, 0.1) is 5.92 Å². The van der Waals surface area contributed by atoms with Crippen LogP contribution in [0.3, 0.4) is 0 Å². The summed E-state index contributed by atoms with van der Waals surface area (Å²) in [6.45, 7) is 4.33. The van der Waals surface area contributed by atoms with Crippen LogP contribution in [0.4, 0.5) is 0 Å². The average Bonchev–Trinajstić information content (AvgIpc) is 2.46. The predicted octanol–water partition coefficient (Wildman–Crippen LogP) is 3.34. The van der Waals surface area contributed by atoms with E-state index in [9.17, 15) is 0 Å². The van der Waals surface area contributed by atoms with Crippen molar-refractivity contribution in [2.45, 2.75) is 26.3 Å². The van der Waals surface area contributed by atoms with Gasteiger partial charge in [0.1, 0.15) is 0 Å². The molecule has 1 atom stereocenters. The lowest BCUT2D eigenvalue weighted by atomic mass is 10.0. The zero-order valence-electron chi connectivity index (χ0n) is 11.6. The van der Waals surface area contributed by atoms with E-state index in [1.807, 2.05) is 0 Å². The minimum atomic E-state index is 0.286. The number of hydrogen-bond donors (Lipinski definition) is 2. The van der Waals surface area contributed by atoms with Crippen molar-refractivity contribution in [2.24, 2.45) is 5.92 Å². The van der Waals surface area contributed by atoms with E-state index in [0.29, 0.717) is 5.92 Å². The summed E-state index contributed by atoms with van der Waals surface area (Å²) in [6.07, 6.45) is 2.00. The Labute approximate surface area is 115 Å². The van der Waals surface area contributed by atoms with Crippen molar-refractivity contribution >= 4 is 10.8 Å². The number of nitrogens with one attached hydrogen (secondary N) is 1. The quantitative estimate of drug-likeness (QED) is 0.797. The first-order valence-corrected chi connectivity index (χ1v) is 7.13. The molecular formula is C17H23NO. The van der Waals surface area contributed by atoms with Crippen molar-refractivity contribution in [1.82, 2.24) is 5.32 Å².